The molecule has 0 aromatic carbocycles. The number of nitrogens with zero attached hydrogens (tertiary/aromatic N) is 7. The van der Waals surface area contributed by atoms with Gasteiger partial charge in [0.25, 0.3) is 11.8 Å². The van der Waals surface area contributed by atoms with Crippen molar-refractivity contribution < 1.29 is 26.7 Å². The molecule has 37 heavy (non-hydrogen) atoms. The van der Waals surface area contributed by atoms with Crippen molar-refractivity contribution in [3.05, 3.63) is 48.3 Å². The molecule has 1 aliphatic rings. The molecule has 3 aromatic heterocycles. The van der Waals surface area contributed by atoms with E-state index in [2.05, 4.69) is 30.4 Å². The zero-order valence-electron chi connectivity index (χ0n) is 20.2. The Balaban J connectivity index is 1.63. The molecule has 9 nitrogen and oxygen atoms in total. The summed E-state index contributed by atoms with van der Waals surface area (Å²) in [5.41, 5.74) is -0.781. The number of piperidine rings is 1. The molecule has 4 rings (SSSR count). The first-order chi connectivity index (χ1) is 17.4. The average Bonchev–Trinajstić information content (AvgIpc) is 3.28. The van der Waals surface area contributed by atoms with Gasteiger partial charge in [0, 0.05) is 50.0 Å². The number of halogens is 5. The van der Waals surface area contributed by atoms with Gasteiger partial charge in [-0.3, -0.25) is 9.48 Å². The van der Waals surface area contributed by atoms with Crippen LogP contribution < -0.4 is 5.32 Å². The zero-order chi connectivity index (χ0) is 27.0. The molecule has 1 aliphatic heterocycles. The number of hydrogen-bond acceptors (Lipinski definition) is 7. The fourth-order valence-electron chi connectivity index (χ4n) is 4.19. The highest BCUT2D eigenvalue weighted by Gasteiger charge is 2.47. The number of rotatable bonds is 6. The molecule has 1 N–H and O–H groups in total. The Hall–Kier alpha value is -3.71. The molecule has 3 aromatic rings. The van der Waals surface area contributed by atoms with Crippen LogP contribution in [-0.4, -0.2) is 65.6 Å². The summed E-state index contributed by atoms with van der Waals surface area (Å²) in [5.74, 6) is -4.42. The number of likely N-dealkylation sites (tertiary alicyclic amines) is 1. The normalized spacial score (nSPS) is 19.8. The van der Waals surface area contributed by atoms with Crippen LogP contribution in [0, 0.1) is 5.92 Å². The fraction of sp³-hybridized carbons (Fsp3) is 0.478. The minimum atomic E-state index is -4.59. The lowest BCUT2D eigenvalue weighted by Crippen LogP contribution is -2.57. The van der Waals surface area contributed by atoms with Crippen LogP contribution >= 0.6 is 0 Å². The number of nitrogens with one attached hydrogen (secondary N) is 1. The van der Waals surface area contributed by atoms with Crippen molar-refractivity contribution in [3.63, 3.8) is 0 Å². The highest BCUT2D eigenvalue weighted by atomic mass is 19.4. The van der Waals surface area contributed by atoms with Gasteiger partial charge in [-0.1, -0.05) is 6.92 Å². The Morgan fingerprint density at radius 1 is 1.16 bits per heavy atom. The van der Waals surface area contributed by atoms with Crippen molar-refractivity contribution >= 4 is 11.9 Å². The van der Waals surface area contributed by atoms with E-state index < -0.39 is 48.5 Å². The number of carbonyl (C=O) groups is 1. The molecule has 0 aliphatic carbocycles. The predicted molar refractivity (Wildman–Crippen MR) is 123 cm³/mol. The second kappa shape index (κ2) is 9.98. The summed E-state index contributed by atoms with van der Waals surface area (Å²) < 4.78 is 69.2. The van der Waals surface area contributed by atoms with Crippen molar-refractivity contribution in [1.29, 1.82) is 0 Å². The predicted octanol–water partition coefficient (Wildman–Crippen LogP) is 4.33. The number of aromatic nitrogens is 6. The van der Waals surface area contributed by atoms with Gasteiger partial charge in [-0.25, -0.2) is 28.7 Å². The molecule has 0 radical (unpaired) electrons. The van der Waals surface area contributed by atoms with Gasteiger partial charge in [-0.2, -0.15) is 18.3 Å². The highest BCUT2D eigenvalue weighted by molar-refractivity contribution is 5.98. The number of carbonyl (C=O) groups excluding carboxylic acids is 1. The zero-order valence-corrected chi connectivity index (χ0v) is 20.2. The van der Waals surface area contributed by atoms with Crippen molar-refractivity contribution in [2.75, 3.05) is 18.4 Å². The first-order valence-electron chi connectivity index (χ1n) is 11.5. The topological polar surface area (TPSA) is 102 Å². The smallest absolute Gasteiger partial charge is 0.352 e. The molecule has 2 unspecified atom stereocenters. The Morgan fingerprint density at radius 2 is 1.81 bits per heavy atom. The van der Waals surface area contributed by atoms with Gasteiger partial charge >= 0.3 is 6.18 Å². The third kappa shape index (κ3) is 5.83. The molecule has 0 spiro atoms. The Bertz CT molecular complexity index is 1230. The summed E-state index contributed by atoms with van der Waals surface area (Å²) >= 11 is 0. The van der Waals surface area contributed by atoms with Gasteiger partial charge < -0.3 is 10.2 Å². The maximum Gasteiger partial charge on any atom is 0.419 e. The lowest BCUT2D eigenvalue weighted by Gasteiger charge is -2.43. The van der Waals surface area contributed by atoms with E-state index in [0.717, 1.165) is 4.90 Å². The van der Waals surface area contributed by atoms with E-state index in [1.54, 1.807) is 19.2 Å². The Kier molecular flexibility index (Phi) is 7.11. The summed E-state index contributed by atoms with van der Waals surface area (Å²) in [5, 5.41) is 7.15. The first kappa shape index (κ1) is 26.4. The van der Waals surface area contributed by atoms with Gasteiger partial charge in [-0.05, 0) is 25.8 Å². The quantitative estimate of drug-likeness (QED) is 0.479. The molecule has 198 valence electrons. The maximum absolute atomic E-state index is 14.6. The van der Waals surface area contributed by atoms with Crippen LogP contribution in [0.3, 0.4) is 0 Å². The number of hydrogen-bond donors (Lipinski definition) is 1. The van der Waals surface area contributed by atoms with E-state index in [1.165, 1.54) is 17.1 Å². The summed E-state index contributed by atoms with van der Waals surface area (Å²) in [6.45, 7) is 4.38. The van der Waals surface area contributed by atoms with Crippen LogP contribution in [0.4, 0.5) is 27.9 Å². The Labute approximate surface area is 209 Å². The van der Waals surface area contributed by atoms with Gasteiger partial charge in [0.05, 0.1) is 23.7 Å². The van der Waals surface area contributed by atoms with E-state index in [-0.39, 0.29) is 30.1 Å². The first-order valence-corrected chi connectivity index (χ1v) is 11.5. The van der Waals surface area contributed by atoms with E-state index in [0.29, 0.717) is 18.0 Å². The standard InChI is InChI=1S/C23H25F5N8O/c1-13(2)36-11-16(19-29-5-4-6-30-19)18(34-36)20(37)35-12-22(24,25)7-14(3)17(35)10-33-21-31-8-15(9-32-21)23(26,27)28/h4-6,8-9,11,13-14,17H,7,10,12H2,1-3H3,(H,31,32,33). The number of anilines is 1. The third-order valence-electron chi connectivity index (χ3n) is 6.06. The third-order valence-corrected chi connectivity index (χ3v) is 6.06. The second-order valence-electron chi connectivity index (χ2n) is 9.25. The SMILES string of the molecule is CC1CC(F)(F)CN(C(=O)c2nn(C(C)C)cc2-c2ncccn2)C1CNc1ncc(C(F)(F)F)cn1. The van der Waals surface area contributed by atoms with Crippen LogP contribution in [0.15, 0.2) is 37.1 Å². The highest BCUT2D eigenvalue weighted by Crippen LogP contribution is 2.36. The average molecular weight is 524 g/mol. The molecular weight excluding hydrogens is 499 g/mol. The van der Waals surface area contributed by atoms with Crippen LogP contribution in [0.2, 0.25) is 0 Å². The summed E-state index contributed by atoms with van der Waals surface area (Å²) in [4.78, 5) is 30.4. The molecule has 0 saturated carbocycles. The fourth-order valence-corrected chi connectivity index (χ4v) is 4.19. The number of amides is 1. The molecule has 14 heteroatoms. The molecule has 1 fully saturated rings. The van der Waals surface area contributed by atoms with Crippen molar-refractivity contribution in [1.82, 2.24) is 34.6 Å². The van der Waals surface area contributed by atoms with Crippen molar-refractivity contribution in [2.45, 2.75) is 51.4 Å². The maximum atomic E-state index is 14.6. The largest absolute Gasteiger partial charge is 0.419 e. The molecule has 1 amide bonds. The molecular formula is C23H25F5N8O. The van der Waals surface area contributed by atoms with Gasteiger partial charge in [-0.15, -0.1) is 0 Å². The minimum absolute atomic E-state index is 0.0591. The lowest BCUT2D eigenvalue weighted by molar-refractivity contribution is -0.138. The van der Waals surface area contributed by atoms with Crippen LogP contribution in [0.5, 0.6) is 0 Å². The monoisotopic (exact) mass is 524 g/mol. The summed E-state index contributed by atoms with van der Waals surface area (Å²) in [6.07, 6.45) is 0.788. The number of alkyl halides is 5. The lowest BCUT2D eigenvalue weighted by atomic mass is 9.88. The molecule has 1 saturated heterocycles. The van der Waals surface area contributed by atoms with E-state index >= 15 is 0 Å². The summed E-state index contributed by atoms with van der Waals surface area (Å²) in [7, 11) is 0. The molecule has 0 bridgehead atoms. The van der Waals surface area contributed by atoms with Gasteiger partial charge in [0.2, 0.25) is 5.95 Å². The molecule has 4 heterocycles. The van der Waals surface area contributed by atoms with Crippen LogP contribution in [0.1, 0.15) is 49.3 Å². The second-order valence-corrected chi connectivity index (χ2v) is 9.25. The van der Waals surface area contributed by atoms with E-state index in [9.17, 15) is 26.7 Å². The van der Waals surface area contributed by atoms with Crippen molar-refractivity contribution in [3.8, 4) is 11.4 Å². The van der Waals surface area contributed by atoms with E-state index in [4.69, 9.17) is 0 Å². The van der Waals surface area contributed by atoms with Gasteiger partial charge in [0.15, 0.2) is 11.5 Å². The van der Waals surface area contributed by atoms with Crippen LogP contribution in [0.25, 0.3) is 11.4 Å². The minimum Gasteiger partial charge on any atom is -0.352 e. The van der Waals surface area contributed by atoms with Crippen LogP contribution in [-0.2, 0) is 6.18 Å². The van der Waals surface area contributed by atoms with Gasteiger partial charge in [0.1, 0.15) is 0 Å². The molecule has 2 atom stereocenters. The van der Waals surface area contributed by atoms with Crippen molar-refractivity contribution in [2.24, 2.45) is 5.92 Å². The van der Waals surface area contributed by atoms with E-state index in [1.807, 2.05) is 13.8 Å². The Morgan fingerprint density at radius 3 is 2.41 bits per heavy atom. The summed E-state index contributed by atoms with van der Waals surface area (Å²) in [6, 6.07) is 0.738.